The summed E-state index contributed by atoms with van der Waals surface area (Å²) < 4.78 is 2.88. The molecule has 0 saturated carbocycles. The van der Waals surface area contributed by atoms with E-state index in [1.165, 1.54) is 35.0 Å². The zero-order chi connectivity index (χ0) is 19.1. The van der Waals surface area contributed by atoms with E-state index in [2.05, 4.69) is 36.4 Å². The number of nitrogens with one attached hydrogen (secondary N) is 1. The fraction of sp³-hybridized carbons (Fsp3) is 0.263. The molecule has 0 atom stereocenters. The molecule has 9 heteroatoms. The van der Waals surface area contributed by atoms with Crippen LogP contribution >= 0.6 is 39.0 Å². The van der Waals surface area contributed by atoms with E-state index in [1.807, 2.05) is 28.7 Å². The Morgan fingerprint density at radius 3 is 2.89 bits per heavy atom. The lowest BCUT2D eigenvalue weighted by Gasteiger charge is -2.10. The van der Waals surface area contributed by atoms with Crippen molar-refractivity contribution in [2.75, 3.05) is 11.1 Å². The van der Waals surface area contributed by atoms with E-state index in [4.69, 9.17) is 0 Å². The Kier molecular flexibility index (Phi) is 4.82. The number of carbonyl (C=O) groups excluding carboxylic acids is 1. The molecule has 1 aromatic carbocycles. The zero-order valence-corrected chi connectivity index (χ0v) is 18.0. The smallest absolute Gasteiger partial charge is 0.234 e. The van der Waals surface area contributed by atoms with Gasteiger partial charge in [0, 0.05) is 15.0 Å². The maximum atomic E-state index is 12.3. The van der Waals surface area contributed by atoms with E-state index in [0.717, 1.165) is 38.9 Å². The standard InChI is InChI=1S/C19H16BrN5OS2/c20-11-5-7-12(8-6-11)22-15(26)9-27-19-24-23-17-16-13-3-1-2-4-14(13)28-18(16)21-10-25(17)19/h5-8,10H,1-4,9H2,(H,22,26). The summed E-state index contributed by atoms with van der Waals surface area (Å²) in [6.45, 7) is 0. The number of anilines is 1. The van der Waals surface area contributed by atoms with Crippen LogP contribution in [0.3, 0.4) is 0 Å². The molecule has 0 bridgehead atoms. The van der Waals surface area contributed by atoms with Crippen LogP contribution in [-0.2, 0) is 17.6 Å². The van der Waals surface area contributed by atoms with E-state index >= 15 is 0 Å². The van der Waals surface area contributed by atoms with Crippen LogP contribution in [0.2, 0.25) is 0 Å². The third kappa shape index (κ3) is 3.31. The average molecular weight is 474 g/mol. The Bertz CT molecular complexity index is 1180. The molecular formula is C19H16BrN5OS2. The van der Waals surface area contributed by atoms with Crippen LogP contribution in [0, 0.1) is 0 Å². The molecule has 0 saturated heterocycles. The number of hydrogen-bond donors (Lipinski definition) is 1. The number of nitrogens with zero attached hydrogens (tertiary/aromatic N) is 4. The predicted molar refractivity (Wildman–Crippen MR) is 116 cm³/mol. The largest absolute Gasteiger partial charge is 0.325 e. The number of aromatic nitrogens is 4. The molecule has 142 valence electrons. The average Bonchev–Trinajstić information content (AvgIpc) is 3.28. The number of benzene rings is 1. The highest BCUT2D eigenvalue weighted by molar-refractivity contribution is 9.10. The Morgan fingerprint density at radius 2 is 2.04 bits per heavy atom. The molecule has 3 aromatic heterocycles. The number of amides is 1. The van der Waals surface area contributed by atoms with E-state index in [1.54, 1.807) is 17.7 Å². The highest BCUT2D eigenvalue weighted by Crippen LogP contribution is 2.37. The number of fused-ring (bicyclic) bond motifs is 5. The molecule has 0 unspecified atom stereocenters. The maximum absolute atomic E-state index is 12.3. The molecular weight excluding hydrogens is 458 g/mol. The number of thioether (sulfide) groups is 1. The van der Waals surface area contributed by atoms with Crippen molar-refractivity contribution in [3.05, 3.63) is 45.5 Å². The lowest BCUT2D eigenvalue weighted by Crippen LogP contribution is -2.14. The van der Waals surface area contributed by atoms with Crippen molar-refractivity contribution in [1.29, 1.82) is 0 Å². The molecule has 0 radical (unpaired) electrons. The Morgan fingerprint density at radius 1 is 1.21 bits per heavy atom. The minimum atomic E-state index is -0.0778. The molecule has 1 amide bonds. The van der Waals surface area contributed by atoms with Crippen molar-refractivity contribution >= 4 is 66.5 Å². The second-order valence-electron chi connectivity index (χ2n) is 6.66. The molecule has 1 aliphatic carbocycles. The van der Waals surface area contributed by atoms with Gasteiger partial charge in [0.05, 0.1) is 11.1 Å². The first-order valence-corrected chi connectivity index (χ1v) is 11.6. The fourth-order valence-electron chi connectivity index (χ4n) is 3.49. The molecule has 4 aromatic rings. The summed E-state index contributed by atoms with van der Waals surface area (Å²) in [6.07, 6.45) is 6.45. The van der Waals surface area contributed by atoms with Gasteiger partial charge in [-0.05, 0) is 55.5 Å². The number of halogens is 1. The van der Waals surface area contributed by atoms with Crippen LogP contribution in [0.4, 0.5) is 5.69 Å². The molecule has 0 fully saturated rings. The van der Waals surface area contributed by atoms with Gasteiger partial charge in [0.25, 0.3) is 0 Å². The number of hydrogen-bond acceptors (Lipinski definition) is 6. The monoisotopic (exact) mass is 473 g/mol. The number of thiophene rings is 1. The normalized spacial score (nSPS) is 13.8. The van der Waals surface area contributed by atoms with Gasteiger partial charge in [-0.2, -0.15) is 0 Å². The van der Waals surface area contributed by atoms with Gasteiger partial charge in [0.1, 0.15) is 11.2 Å². The third-order valence-electron chi connectivity index (χ3n) is 4.79. The van der Waals surface area contributed by atoms with Crippen LogP contribution in [0.1, 0.15) is 23.3 Å². The van der Waals surface area contributed by atoms with E-state index < -0.39 is 0 Å². The quantitative estimate of drug-likeness (QED) is 0.434. The van der Waals surface area contributed by atoms with E-state index in [-0.39, 0.29) is 11.7 Å². The summed E-state index contributed by atoms with van der Waals surface area (Å²) >= 11 is 6.53. The zero-order valence-electron chi connectivity index (χ0n) is 14.8. The third-order valence-corrected chi connectivity index (χ3v) is 7.46. The van der Waals surface area contributed by atoms with Gasteiger partial charge in [-0.15, -0.1) is 21.5 Å². The summed E-state index contributed by atoms with van der Waals surface area (Å²) in [5, 5.41) is 13.5. The Labute approximate surface area is 177 Å². The second-order valence-corrected chi connectivity index (χ2v) is 9.60. The summed E-state index contributed by atoms with van der Waals surface area (Å²) in [7, 11) is 0. The van der Waals surface area contributed by atoms with Crippen LogP contribution in [-0.4, -0.2) is 31.2 Å². The molecule has 1 N–H and O–H groups in total. The van der Waals surface area contributed by atoms with Crippen molar-refractivity contribution in [3.8, 4) is 0 Å². The fourth-order valence-corrected chi connectivity index (χ4v) is 5.69. The molecule has 5 rings (SSSR count). The van der Waals surface area contributed by atoms with Gasteiger partial charge in [-0.1, -0.05) is 27.7 Å². The van der Waals surface area contributed by atoms with Crippen molar-refractivity contribution < 1.29 is 4.79 Å². The van der Waals surface area contributed by atoms with Gasteiger partial charge in [-0.25, -0.2) is 4.98 Å². The topological polar surface area (TPSA) is 72.2 Å². The van der Waals surface area contributed by atoms with E-state index in [0.29, 0.717) is 5.16 Å². The van der Waals surface area contributed by atoms with Crippen molar-refractivity contribution in [1.82, 2.24) is 19.6 Å². The van der Waals surface area contributed by atoms with Gasteiger partial charge < -0.3 is 5.32 Å². The Balaban J connectivity index is 1.37. The minimum absolute atomic E-state index is 0.0778. The number of rotatable bonds is 4. The van der Waals surface area contributed by atoms with Crippen LogP contribution in [0.15, 0.2) is 40.2 Å². The van der Waals surface area contributed by atoms with Gasteiger partial charge in [0.15, 0.2) is 10.8 Å². The van der Waals surface area contributed by atoms with Gasteiger partial charge in [-0.3, -0.25) is 9.20 Å². The molecule has 0 spiro atoms. The van der Waals surface area contributed by atoms with Crippen LogP contribution in [0.25, 0.3) is 15.9 Å². The summed E-state index contributed by atoms with van der Waals surface area (Å²) in [5.74, 6) is 0.183. The summed E-state index contributed by atoms with van der Waals surface area (Å²) in [4.78, 5) is 19.4. The van der Waals surface area contributed by atoms with Crippen molar-refractivity contribution in [2.24, 2.45) is 0 Å². The highest BCUT2D eigenvalue weighted by Gasteiger charge is 2.21. The van der Waals surface area contributed by atoms with Gasteiger partial charge in [0.2, 0.25) is 5.91 Å². The highest BCUT2D eigenvalue weighted by atomic mass is 79.9. The van der Waals surface area contributed by atoms with Crippen LogP contribution in [0.5, 0.6) is 0 Å². The van der Waals surface area contributed by atoms with E-state index in [9.17, 15) is 4.79 Å². The maximum Gasteiger partial charge on any atom is 0.234 e. The SMILES string of the molecule is O=C(CSc1nnc2c3c4c(sc3ncn12)CCCC4)Nc1ccc(Br)cc1. The summed E-state index contributed by atoms with van der Waals surface area (Å²) in [6, 6.07) is 7.51. The first-order valence-electron chi connectivity index (χ1n) is 9.01. The lowest BCUT2D eigenvalue weighted by molar-refractivity contribution is -0.113. The first-order chi connectivity index (χ1) is 13.7. The summed E-state index contributed by atoms with van der Waals surface area (Å²) in [5.41, 5.74) is 3.01. The number of aryl methyl sites for hydroxylation is 2. The van der Waals surface area contributed by atoms with Crippen molar-refractivity contribution in [2.45, 2.75) is 30.8 Å². The molecule has 6 nitrogen and oxygen atoms in total. The molecule has 3 heterocycles. The molecule has 28 heavy (non-hydrogen) atoms. The minimum Gasteiger partial charge on any atom is -0.325 e. The predicted octanol–water partition coefficient (Wildman–Crippen LogP) is 4.71. The number of carbonyl (C=O) groups is 1. The van der Waals surface area contributed by atoms with Gasteiger partial charge >= 0.3 is 0 Å². The Hall–Kier alpha value is -1.97. The van der Waals surface area contributed by atoms with Crippen molar-refractivity contribution in [3.63, 3.8) is 0 Å². The second kappa shape index (κ2) is 7.46. The van der Waals surface area contributed by atoms with Crippen LogP contribution < -0.4 is 5.32 Å². The molecule has 1 aliphatic rings. The lowest BCUT2D eigenvalue weighted by atomic mass is 9.97. The molecule has 0 aliphatic heterocycles. The first kappa shape index (κ1) is 18.1.